The molecule has 0 saturated heterocycles. The zero-order chi connectivity index (χ0) is 14.7. The molecule has 0 amide bonds. The van der Waals surface area contributed by atoms with E-state index in [4.69, 9.17) is 16.0 Å². The lowest BCUT2D eigenvalue weighted by atomic mass is 10.0. The molecule has 0 atom stereocenters. The second-order valence-electron chi connectivity index (χ2n) is 5.48. The number of nitrogens with zero attached hydrogens (tertiary/aromatic N) is 2. The minimum atomic E-state index is 0.480. The van der Waals surface area contributed by atoms with Crippen LogP contribution in [0.1, 0.15) is 37.9 Å². The smallest absolute Gasteiger partial charge is 0.258 e. The van der Waals surface area contributed by atoms with Gasteiger partial charge in [-0.3, -0.25) is 0 Å². The molecule has 4 N–H and O–H groups in total. The Labute approximate surface area is 128 Å². The van der Waals surface area contributed by atoms with Gasteiger partial charge in [0.05, 0.1) is 5.75 Å². The van der Waals surface area contributed by atoms with Crippen LogP contribution in [0.3, 0.4) is 0 Å². The average molecular weight is 304 g/mol. The molecule has 1 heterocycles. The number of benzene rings is 1. The van der Waals surface area contributed by atoms with Crippen LogP contribution in [0.4, 0.5) is 11.4 Å². The largest absolute Gasteiger partial charge is 0.399 e. The Bertz CT molecular complexity index is 587. The van der Waals surface area contributed by atoms with E-state index in [2.05, 4.69) is 10.1 Å². The Hall–Kier alpha value is -1.69. The molecule has 3 rings (SSSR count). The maximum atomic E-state index is 5.79. The van der Waals surface area contributed by atoms with Crippen molar-refractivity contribution in [1.29, 1.82) is 0 Å². The fourth-order valence-electron chi connectivity index (χ4n) is 2.65. The van der Waals surface area contributed by atoms with Crippen molar-refractivity contribution in [2.75, 3.05) is 11.5 Å². The van der Waals surface area contributed by atoms with Crippen molar-refractivity contribution < 1.29 is 4.52 Å². The van der Waals surface area contributed by atoms with Crippen LogP contribution in [0.5, 0.6) is 0 Å². The number of rotatable bonds is 4. The first-order valence-electron chi connectivity index (χ1n) is 7.31. The number of hydrogen-bond donors (Lipinski definition) is 2. The summed E-state index contributed by atoms with van der Waals surface area (Å²) in [7, 11) is 0. The lowest BCUT2D eigenvalue weighted by Crippen LogP contribution is -2.08. The van der Waals surface area contributed by atoms with Gasteiger partial charge in [-0.05, 0) is 31.0 Å². The highest BCUT2D eigenvalue weighted by Gasteiger charge is 2.16. The SMILES string of the molecule is Nc1cc(N)cc(-c2nc(CSC3CCCCC3)no2)c1. The maximum Gasteiger partial charge on any atom is 0.258 e. The fourth-order valence-corrected chi connectivity index (χ4v) is 3.82. The molecule has 112 valence electrons. The number of nitrogens with two attached hydrogens (primary N) is 2. The highest BCUT2D eigenvalue weighted by atomic mass is 32.2. The van der Waals surface area contributed by atoms with Gasteiger partial charge < -0.3 is 16.0 Å². The first kappa shape index (κ1) is 14.3. The zero-order valence-electron chi connectivity index (χ0n) is 11.9. The van der Waals surface area contributed by atoms with Crippen molar-refractivity contribution in [3.05, 3.63) is 24.0 Å². The molecule has 0 aliphatic heterocycles. The zero-order valence-corrected chi connectivity index (χ0v) is 12.7. The molecule has 6 heteroatoms. The maximum absolute atomic E-state index is 5.79. The van der Waals surface area contributed by atoms with E-state index >= 15 is 0 Å². The Balaban J connectivity index is 1.65. The molecular weight excluding hydrogens is 284 g/mol. The van der Waals surface area contributed by atoms with Gasteiger partial charge >= 0.3 is 0 Å². The molecule has 21 heavy (non-hydrogen) atoms. The van der Waals surface area contributed by atoms with Crippen LogP contribution in [0.25, 0.3) is 11.5 Å². The van der Waals surface area contributed by atoms with E-state index in [0.29, 0.717) is 17.3 Å². The topological polar surface area (TPSA) is 91.0 Å². The Kier molecular flexibility index (Phi) is 4.34. The fraction of sp³-hybridized carbons (Fsp3) is 0.467. The van der Waals surface area contributed by atoms with Crippen LogP contribution in [0, 0.1) is 0 Å². The van der Waals surface area contributed by atoms with Gasteiger partial charge in [0.25, 0.3) is 5.89 Å². The highest BCUT2D eigenvalue weighted by Crippen LogP contribution is 2.30. The van der Waals surface area contributed by atoms with Crippen LogP contribution in [0.2, 0.25) is 0 Å². The summed E-state index contributed by atoms with van der Waals surface area (Å²) in [5, 5.41) is 4.79. The molecular formula is C15H20N4OS. The van der Waals surface area contributed by atoms with Gasteiger partial charge in [0.2, 0.25) is 0 Å². The molecule has 1 aromatic carbocycles. The first-order chi connectivity index (χ1) is 10.2. The second-order valence-corrected chi connectivity index (χ2v) is 6.76. The molecule has 1 saturated carbocycles. The van der Waals surface area contributed by atoms with Gasteiger partial charge in [0, 0.05) is 22.2 Å². The minimum Gasteiger partial charge on any atom is -0.399 e. The Morgan fingerprint density at radius 2 is 1.81 bits per heavy atom. The van der Waals surface area contributed by atoms with Gasteiger partial charge in [-0.25, -0.2) is 0 Å². The van der Waals surface area contributed by atoms with Crippen LogP contribution in [-0.2, 0) is 5.75 Å². The third-order valence-electron chi connectivity index (χ3n) is 3.69. The molecule has 2 aromatic rings. The van der Waals surface area contributed by atoms with Crippen LogP contribution in [0.15, 0.2) is 22.7 Å². The normalized spacial score (nSPS) is 16.2. The molecule has 1 aliphatic carbocycles. The van der Waals surface area contributed by atoms with Crippen LogP contribution >= 0.6 is 11.8 Å². The standard InChI is InChI=1S/C15H20N4OS/c16-11-6-10(7-12(17)8-11)15-18-14(19-20-15)9-21-13-4-2-1-3-5-13/h6-8,13H,1-5,9,16-17H2. The third kappa shape index (κ3) is 3.69. The minimum absolute atomic E-state index is 0.480. The van der Waals surface area contributed by atoms with Gasteiger partial charge in [0.15, 0.2) is 5.82 Å². The third-order valence-corrected chi connectivity index (χ3v) is 5.06. The van der Waals surface area contributed by atoms with Crippen molar-refractivity contribution in [2.24, 2.45) is 0 Å². The summed E-state index contributed by atoms with van der Waals surface area (Å²) >= 11 is 1.93. The predicted octanol–water partition coefficient (Wildman–Crippen LogP) is 3.47. The van der Waals surface area contributed by atoms with Crippen molar-refractivity contribution in [2.45, 2.75) is 43.1 Å². The summed E-state index contributed by atoms with van der Waals surface area (Å²) in [6.07, 6.45) is 6.68. The molecule has 0 unspecified atom stereocenters. The van der Waals surface area contributed by atoms with E-state index in [0.717, 1.165) is 22.4 Å². The van der Waals surface area contributed by atoms with E-state index in [1.807, 2.05) is 11.8 Å². The monoisotopic (exact) mass is 304 g/mol. The van der Waals surface area contributed by atoms with Crippen LogP contribution in [-0.4, -0.2) is 15.4 Å². The first-order valence-corrected chi connectivity index (χ1v) is 8.36. The van der Waals surface area contributed by atoms with Crippen molar-refractivity contribution >= 4 is 23.1 Å². The van der Waals surface area contributed by atoms with E-state index in [9.17, 15) is 0 Å². The summed E-state index contributed by atoms with van der Waals surface area (Å²) in [4.78, 5) is 4.44. The van der Waals surface area contributed by atoms with E-state index in [1.54, 1.807) is 18.2 Å². The molecule has 0 radical (unpaired) electrons. The summed E-state index contributed by atoms with van der Waals surface area (Å²) in [5.74, 6) is 2.02. The molecule has 5 nitrogen and oxygen atoms in total. The Morgan fingerprint density at radius 3 is 2.52 bits per heavy atom. The molecule has 1 aliphatic rings. The number of aromatic nitrogens is 2. The van der Waals surface area contributed by atoms with Gasteiger partial charge in [-0.1, -0.05) is 24.4 Å². The average Bonchev–Trinajstić information content (AvgIpc) is 2.94. The lowest BCUT2D eigenvalue weighted by molar-refractivity contribution is 0.425. The second kappa shape index (κ2) is 6.39. The molecule has 0 bridgehead atoms. The number of hydrogen-bond acceptors (Lipinski definition) is 6. The summed E-state index contributed by atoms with van der Waals surface area (Å²) in [6, 6.07) is 5.30. The van der Waals surface area contributed by atoms with Crippen LogP contribution < -0.4 is 11.5 Å². The van der Waals surface area contributed by atoms with E-state index in [1.165, 1.54) is 32.1 Å². The number of thioether (sulfide) groups is 1. The van der Waals surface area contributed by atoms with Crippen molar-refractivity contribution in [1.82, 2.24) is 10.1 Å². The van der Waals surface area contributed by atoms with Gasteiger partial charge in [-0.15, -0.1) is 0 Å². The number of anilines is 2. The van der Waals surface area contributed by atoms with E-state index in [-0.39, 0.29) is 0 Å². The quantitative estimate of drug-likeness (QED) is 0.840. The Morgan fingerprint density at radius 1 is 1.10 bits per heavy atom. The van der Waals surface area contributed by atoms with E-state index < -0.39 is 0 Å². The van der Waals surface area contributed by atoms with Gasteiger partial charge in [-0.2, -0.15) is 16.7 Å². The van der Waals surface area contributed by atoms with Gasteiger partial charge in [0.1, 0.15) is 0 Å². The highest BCUT2D eigenvalue weighted by molar-refractivity contribution is 7.99. The summed E-state index contributed by atoms with van der Waals surface area (Å²) in [5.41, 5.74) is 13.5. The predicted molar refractivity (Wildman–Crippen MR) is 86.7 cm³/mol. The molecule has 1 fully saturated rings. The molecule has 0 spiro atoms. The summed E-state index contributed by atoms with van der Waals surface area (Å²) in [6.45, 7) is 0. The van der Waals surface area contributed by atoms with Crippen molar-refractivity contribution in [3.63, 3.8) is 0 Å². The lowest BCUT2D eigenvalue weighted by Gasteiger charge is -2.19. The van der Waals surface area contributed by atoms with Crippen molar-refractivity contribution in [3.8, 4) is 11.5 Å². The molecule has 1 aromatic heterocycles. The number of nitrogen functional groups attached to an aromatic ring is 2. The summed E-state index contributed by atoms with van der Waals surface area (Å²) < 4.78 is 5.32.